The number of amides is 4. The van der Waals surface area contributed by atoms with Gasteiger partial charge in [0, 0.05) is 0 Å². The van der Waals surface area contributed by atoms with E-state index in [9.17, 15) is 24.0 Å². The molecule has 4 rings (SSSR count). The van der Waals surface area contributed by atoms with Gasteiger partial charge in [0.2, 0.25) is 11.8 Å². The zero-order valence-electron chi connectivity index (χ0n) is 16.4. The number of hydrazine groups is 1. The summed E-state index contributed by atoms with van der Waals surface area (Å²) in [4.78, 5) is 62.2. The molecule has 2 saturated carbocycles. The number of hydrogen-bond acceptors (Lipinski definition) is 6. The Morgan fingerprint density at radius 1 is 1.00 bits per heavy atom. The molecule has 1 heterocycles. The molecule has 0 aromatic heterocycles. The molecule has 0 unspecified atom stereocenters. The fourth-order valence-corrected chi connectivity index (χ4v) is 5.88. The van der Waals surface area contributed by atoms with Gasteiger partial charge in [-0.25, -0.2) is 0 Å². The predicted molar refractivity (Wildman–Crippen MR) is 113 cm³/mol. The van der Waals surface area contributed by atoms with E-state index in [1.54, 1.807) is 12.1 Å². The van der Waals surface area contributed by atoms with Crippen molar-refractivity contribution in [3.63, 3.8) is 0 Å². The second-order valence-electron chi connectivity index (χ2n) is 7.91. The highest BCUT2D eigenvalue weighted by Gasteiger charge is 2.66. The molecule has 1 aliphatic heterocycles. The number of nitrogens with one attached hydrogen (secondary N) is 2. The molecular formula is C20H18Cl3N3O6. The van der Waals surface area contributed by atoms with Gasteiger partial charge in [0.05, 0.1) is 33.2 Å². The Morgan fingerprint density at radius 3 is 2.19 bits per heavy atom. The first-order valence-corrected chi connectivity index (χ1v) is 11.1. The molecule has 1 aromatic carbocycles. The average Bonchev–Trinajstić information content (AvgIpc) is 3.37. The molecule has 0 radical (unpaired) electrons. The standard InChI is InChI=1S/C20H18Cl3N3O6/c21-11-4-2-1-3-8(11)18(29)25-24-12(27)7-32-13(28)6-26-19(30)14-9-5-10(15(14)20(26)31)17(23)16(9)22/h1-4,9-10,14-17H,5-7H2,(H,24,27)(H,25,29)/t9-,10-,14-,15-,16-,17+/m1/s1. The number of benzene rings is 1. The van der Waals surface area contributed by atoms with Crippen LogP contribution >= 0.6 is 34.8 Å². The van der Waals surface area contributed by atoms with Gasteiger partial charge in [-0.3, -0.25) is 39.7 Å². The third-order valence-corrected chi connectivity index (χ3v) is 7.81. The summed E-state index contributed by atoms with van der Waals surface area (Å²) in [7, 11) is 0. The maximum Gasteiger partial charge on any atom is 0.326 e. The van der Waals surface area contributed by atoms with E-state index in [1.165, 1.54) is 12.1 Å². The van der Waals surface area contributed by atoms with Crippen LogP contribution in [0.3, 0.4) is 0 Å². The van der Waals surface area contributed by atoms with Crippen LogP contribution in [0, 0.1) is 23.7 Å². The Morgan fingerprint density at radius 2 is 1.59 bits per heavy atom. The highest BCUT2D eigenvalue weighted by molar-refractivity contribution is 6.33. The normalized spacial score (nSPS) is 30.3. The largest absolute Gasteiger partial charge is 0.454 e. The summed E-state index contributed by atoms with van der Waals surface area (Å²) in [5.74, 6) is -4.86. The van der Waals surface area contributed by atoms with Crippen LogP contribution < -0.4 is 10.9 Å². The van der Waals surface area contributed by atoms with Crippen LogP contribution in [0.2, 0.25) is 5.02 Å². The van der Waals surface area contributed by atoms with Crippen molar-refractivity contribution in [3.05, 3.63) is 34.9 Å². The molecule has 1 saturated heterocycles. The first-order chi connectivity index (χ1) is 15.2. The van der Waals surface area contributed by atoms with Gasteiger partial charge in [-0.15, -0.1) is 23.2 Å². The number of halogens is 3. The zero-order valence-corrected chi connectivity index (χ0v) is 18.7. The highest BCUT2D eigenvalue weighted by atomic mass is 35.5. The summed E-state index contributed by atoms with van der Waals surface area (Å²) < 4.78 is 4.83. The summed E-state index contributed by atoms with van der Waals surface area (Å²) in [5, 5.41) is -0.586. The third-order valence-electron chi connectivity index (χ3n) is 6.16. The van der Waals surface area contributed by atoms with Gasteiger partial charge < -0.3 is 4.74 Å². The van der Waals surface area contributed by atoms with Crippen molar-refractivity contribution in [2.24, 2.45) is 23.7 Å². The SMILES string of the molecule is O=C(COC(=O)CN1C(=O)[C@@H]2[C@H]3C[C@@H]([C@@H](Cl)[C@H]3Cl)[C@H]2C1=O)NNC(=O)c1ccccc1Cl. The second kappa shape index (κ2) is 8.88. The fraction of sp³-hybridized carbons (Fsp3) is 0.450. The minimum absolute atomic E-state index is 0.149. The van der Waals surface area contributed by atoms with Crippen molar-refractivity contribution in [2.75, 3.05) is 13.2 Å². The van der Waals surface area contributed by atoms with E-state index in [0.29, 0.717) is 6.42 Å². The second-order valence-corrected chi connectivity index (χ2v) is 9.32. The van der Waals surface area contributed by atoms with Crippen LogP contribution in [0.15, 0.2) is 24.3 Å². The Labute approximate surface area is 197 Å². The number of imide groups is 1. The zero-order chi connectivity index (χ0) is 23.2. The minimum Gasteiger partial charge on any atom is -0.454 e. The molecule has 4 amide bonds. The number of carbonyl (C=O) groups excluding carboxylic acids is 5. The van der Waals surface area contributed by atoms with Gasteiger partial charge in [-0.1, -0.05) is 23.7 Å². The first kappa shape index (κ1) is 22.8. The van der Waals surface area contributed by atoms with E-state index in [2.05, 4.69) is 10.9 Å². The molecule has 3 aliphatic rings. The molecule has 2 bridgehead atoms. The lowest BCUT2D eigenvalue weighted by Crippen LogP contribution is -2.44. The maximum absolute atomic E-state index is 12.7. The van der Waals surface area contributed by atoms with Crippen molar-refractivity contribution in [1.29, 1.82) is 0 Å². The van der Waals surface area contributed by atoms with E-state index in [-0.39, 0.29) is 22.4 Å². The fourth-order valence-electron chi connectivity index (χ4n) is 4.76. The van der Waals surface area contributed by atoms with E-state index >= 15 is 0 Å². The van der Waals surface area contributed by atoms with Gasteiger partial charge in [0.1, 0.15) is 6.54 Å². The Kier molecular flexibility index (Phi) is 6.33. The van der Waals surface area contributed by atoms with Crippen molar-refractivity contribution in [2.45, 2.75) is 17.2 Å². The third kappa shape index (κ3) is 3.93. The van der Waals surface area contributed by atoms with Crippen molar-refractivity contribution in [3.8, 4) is 0 Å². The molecule has 6 atom stereocenters. The van der Waals surface area contributed by atoms with Gasteiger partial charge in [0.15, 0.2) is 6.61 Å². The molecule has 0 spiro atoms. The van der Waals surface area contributed by atoms with Crippen molar-refractivity contribution in [1.82, 2.24) is 15.8 Å². The lowest BCUT2D eigenvalue weighted by molar-refractivity contribution is -0.155. The van der Waals surface area contributed by atoms with Crippen molar-refractivity contribution < 1.29 is 28.7 Å². The number of carbonyl (C=O) groups is 5. The van der Waals surface area contributed by atoms with E-state index in [0.717, 1.165) is 4.90 Å². The first-order valence-electron chi connectivity index (χ1n) is 9.83. The Bertz CT molecular complexity index is 973. The number of esters is 1. The van der Waals surface area contributed by atoms with Crippen LogP contribution in [-0.4, -0.2) is 58.4 Å². The van der Waals surface area contributed by atoms with Crippen molar-refractivity contribution >= 4 is 64.4 Å². The monoisotopic (exact) mass is 501 g/mol. The van der Waals surface area contributed by atoms with E-state index in [1.807, 2.05) is 0 Å². The molecule has 2 N–H and O–H groups in total. The number of rotatable bonds is 5. The molecular weight excluding hydrogens is 485 g/mol. The quantitative estimate of drug-likeness (QED) is 0.269. The van der Waals surface area contributed by atoms with Crippen LogP contribution in [-0.2, 0) is 23.9 Å². The minimum atomic E-state index is -0.934. The number of ether oxygens (including phenoxy) is 1. The molecule has 2 aliphatic carbocycles. The molecule has 32 heavy (non-hydrogen) atoms. The van der Waals surface area contributed by atoms with Gasteiger partial charge >= 0.3 is 5.97 Å². The molecule has 3 fully saturated rings. The van der Waals surface area contributed by atoms with E-state index in [4.69, 9.17) is 39.5 Å². The Hall–Kier alpha value is -2.36. The summed E-state index contributed by atoms with van der Waals surface area (Å²) in [6.45, 7) is -1.33. The molecule has 170 valence electrons. The summed E-state index contributed by atoms with van der Waals surface area (Å²) in [5.41, 5.74) is 4.38. The summed E-state index contributed by atoms with van der Waals surface area (Å²) in [6.07, 6.45) is 0.619. The topological polar surface area (TPSA) is 122 Å². The number of hydrogen-bond donors (Lipinski definition) is 2. The molecule has 12 heteroatoms. The van der Waals surface area contributed by atoms with E-state index < -0.39 is 65.3 Å². The summed E-state index contributed by atoms with van der Waals surface area (Å²) >= 11 is 18.5. The number of fused-ring (bicyclic) bond motifs is 5. The highest BCUT2D eigenvalue weighted by Crippen LogP contribution is 2.59. The van der Waals surface area contributed by atoms with Crippen LogP contribution in [0.1, 0.15) is 16.8 Å². The molecule has 1 aromatic rings. The number of likely N-dealkylation sites (tertiary alicyclic amines) is 1. The average molecular weight is 503 g/mol. The predicted octanol–water partition coefficient (Wildman–Crippen LogP) is 1.11. The summed E-state index contributed by atoms with van der Waals surface area (Å²) in [6, 6.07) is 6.23. The lowest BCUT2D eigenvalue weighted by atomic mass is 9.80. The van der Waals surface area contributed by atoms with Gasteiger partial charge in [-0.2, -0.15) is 0 Å². The van der Waals surface area contributed by atoms with Crippen LogP contribution in [0.25, 0.3) is 0 Å². The number of nitrogens with zero attached hydrogens (tertiary/aromatic N) is 1. The Balaban J connectivity index is 1.25. The number of alkyl halides is 2. The lowest BCUT2D eigenvalue weighted by Gasteiger charge is -2.28. The van der Waals surface area contributed by atoms with Gasteiger partial charge in [0.25, 0.3) is 11.8 Å². The molecule has 9 nitrogen and oxygen atoms in total. The van der Waals surface area contributed by atoms with Crippen LogP contribution in [0.5, 0.6) is 0 Å². The van der Waals surface area contributed by atoms with Gasteiger partial charge in [-0.05, 0) is 30.4 Å². The van der Waals surface area contributed by atoms with Crippen LogP contribution in [0.4, 0.5) is 0 Å². The smallest absolute Gasteiger partial charge is 0.326 e. The maximum atomic E-state index is 12.7.